The van der Waals surface area contributed by atoms with Crippen LogP contribution in [-0.2, 0) is 4.79 Å². The summed E-state index contributed by atoms with van der Waals surface area (Å²) in [5, 5.41) is 0. The molecule has 68 valence electrons. The second kappa shape index (κ2) is 2.84. The first kappa shape index (κ1) is 8.24. The lowest BCUT2D eigenvalue weighted by Gasteiger charge is -2.36. The van der Waals surface area contributed by atoms with Gasteiger partial charge in [-0.1, -0.05) is 12.8 Å². The molecule has 0 amide bonds. The fourth-order valence-electron chi connectivity index (χ4n) is 1.83. The van der Waals surface area contributed by atoms with Crippen LogP contribution in [0.1, 0.15) is 44.9 Å². The van der Waals surface area contributed by atoms with E-state index in [0.717, 1.165) is 38.0 Å². The van der Waals surface area contributed by atoms with Crippen LogP contribution in [0.4, 0.5) is 0 Å². The minimum atomic E-state index is -0.394. The molecular weight excluding hydrogens is 150 g/mol. The summed E-state index contributed by atoms with van der Waals surface area (Å²) in [6, 6.07) is 0. The molecule has 0 bridgehead atoms. The van der Waals surface area contributed by atoms with Crippen molar-refractivity contribution in [3.8, 4) is 0 Å². The van der Waals surface area contributed by atoms with Crippen LogP contribution in [0.3, 0.4) is 0 Å². The molecule has 0 aromatic heterocycles. The fourth-order valence-corrected chi connectivity index (χ4v) is 1.83. The molecule has 0 saturated heterocycles. The van der Waals surface area contributed by atoms with Gasteiger partial charge in [-0.05, 0) is 31.6 Å². The first-order chi connectivity index (χ1) is 5.71. The van der Waals surface area contributed by atoms with Crippen LogP contribution in [0.15, 0.2) is 0 Å². The Morgan fingerprint density at radius 3 is 2.50 bits per heavy atom. The lowest BCUT2D eigenvalue weighted by Crippen LogP contribution is -2.53. The van der Waals surface area contributed by atoms with E-state index >= 15 is 0 Å². The van der Waals surface area contributed by atoms with Gasteiger partial charge in [-0.15, -0.1) is 0 Å². The van der Waals surface area contributed by atoms with Crippen molar-refractivity contribution in [1.82, 2.24) is 0 Å². The van der Waals surface area contributed by atoms with E-state index in [1.807, 2.05) is 0 Å². The molecule has 2 aliphatic carbocycles. The Morgan fingerprint density at radius 2 is 2.08 bits per heavy atom. The smallest absolute Gasteiger partial charge is 0.152 e. The quantitative estimate of drug-likeness (QED) is 0.691. The Labute approximate surface area is 73.5 Å². The topological polar surface area (TPSA) is 43.1 Å². The zero-order valence-corrected chi connectivity index (χ0v) is 7.51. The first-order valence-electron chi connectivity index (χ1n) is 5.03. The van der Waals surface area contributed by atoms with Crippen molar-refractivity contribution >= 4 is 5.78 Å². The van der Waals surface area contributed by atoms with Gasteiger partial charge in [0.25, 0.3) is 0 Å². The normalized spacial score (nSPS) is 26.4. The van der Waals surface area contributed by atoms with Crippen molar-refractivity contribution in [1.29, 1.82) is 0 Å². The average molecular weight is 167 g/mol. The molecule has 2 rings (SSSR count). The van der Waals surface area contributed by atoms with E-state index in [9.17, 15) is 4.79 Å². The molecule has 0 atom stereocenters. The summed E-state index contributed by atoms with van der Waals surface area (Å²) in [7, 11) is 0. The molecule has 0 radical (unpaired) electrons. The number of carbonyl (C=O) groups excluding carboxylic acids is 1. The van der Waals surface area contributed by atoms with Crippen molar-refractivity contribution in [2.45, 2.75) is 50.5 Å². The molecule has 2 heteroatoms. The van der Waals surface area contributed by atoms with Crippen LogP contribution < -0.4 is 5.73 Å². The van der Waals surface area contributed by atoms with Crippen LogP contribution in [-0.4, -0.2) is 11.3 Å². The highest BCUT2D eigenvalue weighted by Crippen LogP contribution is 2.36. The molecule has 0 aromatic rings. The summed E-state index contributed by atoms with van der Waals surface area (Å²) in [4.78, 5) is 11.6. The molecule has 0 aromatic carbocycles. The number of ketones is 1. The number of rotatable bonds is 4. The van der Waals surface area contributed by atoms with Crippen LogP contribution in [0.2, 0.25) is 0 Å². The fraction of sp³-hybridized carbons (Fsp3) is 0.900. The lowest BCUT2D eigenvalue weighted by atomic mass is 9.73. The van der Waals surface area contributed by atoms with Gasteiger partial charge in [-0.2, -0.15) is 0 Å². The molecule has 12 heavy (non-hydrogen) atoms. The zero-order valence-electron chi connectivity index (χ0n) is 7.51. The Balaban J connectivity index is 1.74. The maximum absolute atomic E-state index is 11.6. The summed E-state index contributed by atoms with van der Waals surface area (Å²) >= 11 is 0. The third kappa shape index (κ3) is 1.53. The number of carbonyl (C=O) groups is 1. The minimum absolute atomic E-state index is 0.320. The predicted octanol–water partition coefficient (Wildman–Crippen LogP) is 1.63. The van der Waals surface area contributed by atoms with E-state index in [4.69, 9.17) is 5.73 Å². The second-order valence-electron chi connectivity index (χ2n) is 4.41. The molecule has 0 aliphatic heterocycles. The van der Waals surface area contributed by atoms with Crippen molar-refractivity contribution < 1.29 is 4.79 Å². The van der Waals surface area contributed by atoms with Gasteiger partial charge in [0.1, 0.15) is 0 Å². The number of nitrogens with two attached hydrogens (primary N) is 1. The van der Waals surface area contributed by atoms with E-state index in [0.29, 0.717) is 5.78 Å². The lowest BCUT2D eigenvalue weighted by molar-refractivity contribution is -0.127. The van der Waals surface area contributed by atoms with E-state index in [2.05, 4.69) is 0 Å². The van der Waals surface area contributed by atoms with Crippen LogP contribution >= 0.6 is 0 Å². The minimum Gasteiger partial charge on any atom is -0.319 e. The van der Waals surface area contributed by atoms with Gasteiger partial charge >= 0.3 is 0 Å². The molecule has 0 unspecified atom stereocenters. The summed E-state index contributed by atoms with van der Waals surface area (Å²) < 4.78 is 0. The molecule has 2 nitrogen and oxygen atoms in total. The van der Waals surface area contributed by atoms with Crippen molar-refractivity contribution in [2.75, 3.05) is 0 Å². The highest BCUT2D eigenvalue weighted by molar-refractivity contribution is 5.89. The van der Waals surface area contributed by atoms with E-state index < -0.39 is 5.54 Å². The largest absolute Gasteiger partial charge is 0.319 e. The summed E-state index contributed by atoms with van der Waals surface area (Å²) in [5.74, 6) is 1.18. The van der Waals surface area contributed by atoms with Crippen molar-refractivity contribution in [3.05, 3.63) is 0 Å². The maximum Gasteiger partial charge on any atom is 0.152 e. The number of Topliss-reactive ketones (excluding diaryl/α,β-unsaturated/α-hetero) is 1. The van der Waals surface area contributed by atoms with E-state index in [-0.39, 0.29) is 0 Å². The molecule has 2 N–H and O–H groups in total. The zero-order chi connectivity index (χ0) is 8.60. The maximum atomic E-state index is 11.6. The SMILES string of the molecule is NC1(C(=O)CCC2CC2)CCC1. The molecular formula is C10H17NO. The highest BCUT2D eigenvalue weighted by Gasteiger charge is 2.39. The molecule has 2 saturated carbocycles. The van der Waals surface area contributed by atoms with Gasteiger partial charge in [0.15, 0.2) is 5.78 Å². The van der Waals surface area contributed by atoms with Crippen LogP contribution in [0.5, 0.6) is 0 Å². The van der Waals surface area contributed by atoms with Crippen molar-refractivity contribution in [3.63, 3.8) is 0 Å². The average Bonchev–Trinajstić information content (AvgIpc) is 2.78. The summed E-state index contributed by atoms with van der Waals surface area (Å²) in [5.41, 5.74) is 5.51. The first-order valence-corrected chi connectivity index (χ1v) is 5.03. The molecule has 2 fully saturated rings. The van der Waals surface area contributed by atoms with Gasteiger partial charge in [0, 0.05) is 6.42 Å². The van der Waals surface area contributed by atoms with Gasteiger partial charge in [-0.3, -0.25) is 4.79 Å². The van der Waals surface area contributed by atoms with Gasteiger partial charge in [-0.25, -0.2) is 0 Å². The Bertz CT molecular complexity index is 192. The van der Waals surface area contributed by atoms with Crippen molar-refractivity contribution in [2.24, 2.45) is 11.7 Å². The molecule has 2 aliphatic rings. The Hall–Kier alpha value is -0.370. The molecule has 0 heterocycles. The third-order valence-electron chi connectivity index (χ3n) is 3.28. The molecule has 0 spiro atoms. The highest BCUT2D eigenvalue weighted by atomic mass is 16.1. The Morgan fingerprint density at radius 1 is 1.42 bits per heavy atom. The van der Waals surface area contributed by atoms with Gasteiger partial charge in [0.2, 0.25) is 0 Å². The van der Waals surface area contributed by atoms with Crippen LogP contribution in [0.25, 0.3) is 0 Å². The second-order valence-corrected chi connectivity index (χ2v) is 4.41. The monoisotopic (exact) mass is 167 g/mol. The summed E-state index contributed by atoms with van der Waals surface area (Å²) in [6.45, 7) is 0. The van der Waals surface area contributed by atoms with Crippen LogP contribution in [0, 0.1) is 5.92 Å². The van der Waals surface area contributed by atoms with E-state index in [1.54, 1.807) is 0 Å². The standard InChI is InChI=1S/C10H17NO/c11-10(6-1-7-10)9(12)5-4-8-2-3-8/h8H,1-7,11H2. The summed E-state index contributed by atoms with van der Waals surface area (Å²) in [6.07, 6.45) is 7.51. The Kier molecular flexibility index (Phi) is 1.95. The number of hydrogen-bond donors (Lipinski definition) is 1. The predicted molar refractivity (Wildman–Crippen MR) is 47.7 cm³/mol. The van der Waals surface area contributed by atoms with E-state index in [1.165, 1.54) is 12.8 Å². The van der Waals surface area contributed by atoms with Gasteiger partial charge < -0.3 is 5.73 Å². The number of hydrogen-bond acceptors (Lipinski definition) is 2. The third-order valence-corrected chi connectivity index (χ3v) is 3.28. The van der Waals surface area contributed by atoms with Gasteiger partial charge in [0.05, 0.1) is 5.54 Å².